The van der Waals surface area contributed by atoms with Crippen molar-refractivity contribution in [3.8, 4) is 0 Å². The van der Waals surface area contributed by atoms with Gasteiger partial charge in [-0.1, -0.05) is 0 Å². The van der Waals surface area contributed by atoms with Crippen molar-refractivity contribution in [2.24, 2.45) is 0 Å². The molecule has 11 nitrogen and oxygen atoms in total. The smallest absolute Gasteiger partial charge is 0.870 e. The summed E-state index contributed by atoms with van der Waals surface area (Å²) in [5.41, 5.74) is 0. The van der Waals surface area contributed by atoms with Gasteiger partial charge in [-0.3, -0.25) is 0 Å². The van der Waals surface area contributed by atoms with Crippen LogP contribution in [0.5, 0.6) is 0 Å². The molecule has 0 aromatic carbocycles. The van der Waals surface area contributed by atoms with Gasteiger partial charge in [0.2, 0.25) is 0 Å². The Morgan fingerprint density at radius 1 is 0.556 bits per heavy atom. The van der Waals surface area contributed by atoms with Crippen molar-refractivity contribution in [1.29, 1.82) is 0 Å². The van der Waals surface area contributed by atoms with Gasteiger partial charge in [0, 0.05) is 0 Å². The largest absolute Gasteiger partial charge is 0.870 e. The second kappa shape index (κ2) is 4.86. The summed E-state index contributed by atoms with van der Waals surface area (Å²) in [5, 5.41) is 0. The van der Waals surface area contributed by atoms with Crippen LogP contribution in [0.3, 0.4) is 0 Å². The molecule has 12 aliphatic heterocycles. The molecule has 18 heavy (non-hydrogen) atoms. The Kier molecular flexibility index (Phi) is 4.22. The predicted molar refractivity (Wildman–Crippen MR) is 53.1 cm³/mol. The molecule has 4 bridgehead atoms. The van der Waals surface area contributed by atoms with Crippen LogP contribution in [0.4, 0.5) is 0 Å². The van der Waals surface area contributed by atoms with Gasteiger partial charge >= 0.3 is 85.4 Å². The summed E-state index contributed by atoms with van der Waals surface area (Å²) in [5.74, 6) is 0. The third-order valence-electron chi connectivity index (χ3n) is 1.99. The Morgan fingerprint density at radius 2 is 0.722 bits per heavy atom. The van der Waals surface area contributed by atoms with E-state index in [9.17, 15) is 0 Å². The van der Waals surface area contributed by atoms with Gasteiger partial charge in [0.15, 0.2) is 0 Å². The minimum absolute atomic E-state index is 0. The fraction of sp³-hybridized carbons (Fsp3) is 0. The van der Waals surface area contributed by atoms with E-state index in [4.69, 9.17) is 24.7 Å². The first-order valence-electron chi connectivity index (χ1n) is 4.60. The van der Waals surface area contributed by atoms with Crippen molar-refractivity contribution >= 4 is 85.4 Å². The second-order valence-corrected chi connectivity index (χ2v) is 22.1. The Labute approximate surface area is 132 Å². The quantitative estimate of drug-likeness (QED) is 0.315. The zero-order chi connectivity index (χ0) is 11.8. The summed E-state index contributed by atoms with van der Waals surface area (Å²) in [6.45, 7) is 0. The van der Waals surface area contributed by atoms with Crippen molar-refractivity contribution in [3.05, 3.63) is 0 Å². The molecule has 12 saturated heterocycles. The topological polar surface area (TPSA) is 122 Å². The van der Waals surface area contributed by atoms with Gasteiger partial charge in [0.1, 0.15) is 0 Å². The Morgan fingerprint density at radius 3 is 0.778 bits per heavy atom. The molecular weight excluding hydrogens is 361 g/mol. The average molecular weight is 362 g/mol. The molecule has 0 radical (unpaired) electrons. The minimum atomic E-state index is -2.42. The van der Waals surface area contributed by atoms with Crippen LogP contribution in [-0.2, 0) is 43.0 Å². The average Bonchev–Trinajstić information content (AvgIpc) is 2.83. The van der Waals surface area contributed by atoms with Crippen LogP contribution in [0, 0.1) is 0 Å². The normalized spacial score (nSPS) is 56.7. The van der Waals surface area contributed by atoms with E-state index in [1.54, 1.807) is 0 Å². The van der Waals surface area contributed by atoms with Crippen LogP contribution in [0.25, 0.3) is 0 Å². The monoisotopic (exact) mass is 361 g/mol. The molecule has 0 amide bonds. The van der Waals surface area contributed by atoms with E-state index in [2.05, 4.69) is 54.4 Å². The summed E-state index contributed by atoms with van der Waals surface area (Å²) >= 11 is 4.72. The number of rotatable bonds is 0. The van der Waals surface area contributed by atoms with Crippen molar-refractivity contribution in [1.82, 2.24) is 0 Å². The van der Waals surface area contributed by atoms with E-state index in [0.717, 1.165) is 0 Å². The van der Waals surface area contributed by atoms with Crippen LogP contribution in [-0.4, -0.2) is 90.8 Å². The van der Waals surface area contributed by atoms with Gasteiger partial charge in [-0.05, 0) is 0 Å². The van der Waals surface area contributed by atoms with Crippen LogP contribution in [0.15, 0.2) is 0 Å². The van der Waals surface area contributed by atoms with Gasteiger partial charge in [-0.2, -0.15) is 0 Å². The van der Waals surface area contributed by atoms with Crippen molar-refractivity contribution in [2.45, 2.75) is 0 Å². The zero-order valence-corrected chi connectivity index (χ0v) is 16.9. The molecule has 12 fully saturated rings. The maximum atomic E-state index is 4.90. The summed E-state index contributed by atoms with van der Waals surface area (Å²) in [7, 11) is -9.69. The van der Waals surface area contributed by atoms with Crippen LogP contribution >= 0.6 is 0 Å². The van der Waals surface area contributed by atoms with Gasteiger partial charge in [0.05, 0.1) is 0 Å². The Balaban J connectivity index is 0.0000000885. The summed E-state index contributed by atoms with van der Waals surface area (Å²) in [6.07, 6.45) is 0. The fourth-order valence-electron chi connectivity index (χ4n) is 1.37. The van der Waals surface area contributed by atoms with E-state index in [0.29, 0.717) is 13.1 Å². The molecule has 0 unspecified atom stereocenters. The van der Waals surface area contributed by atoms with E-state index >= 15 is 0 Å². The molecule has 0 spiro atoms. The summed E-state index contributed by atoms with van der Waals surface area (Å²) in [6, 6.07) is 0. The van der Waals surface area contributed by atoms with Crippen LogP contribution in [0.2, 0.25) is 0 Å². The van der Waals surface area contributed by atoms with Crippen molar-refractivity contribution in [2.75, 3.05) is 0 Å². The van der Waals surface area contributed by atoms with Gasteiger partial charge < -0.3 is 30.2 Å². The number of hydrogen-bond donors (Lipinski definition) is 0. The summed E-state index contributed by atoms with van der Waals surface area (Å²) < 4.78 is 47.5. The zero-order valence-electron chi connectivity index (χ0n) is 8.65. The first-order chi connectivity index (χ1) is 8.07. The van der Waals surface area contributed by atoms with Crippen molar-refractivity contribution in [3.63, 3.8) is 0 Å². The van der Waals surface area contributed by atoms with Crippen LogP contribution in [0.1, 0.15) is 0 Å². The fourth-order valence-corrected chi connectivity index (χ4v) is 12.4. The molecule has 12 heterocycles. The second-order valence-electron chi connectivity index (χ2n) is 3.30. The van der Waals surface area contributed by atoms with Gasteiger partial charge in [-0.25, -0.2) is 18.3 Å². The molecule has 0 aromatic heterocycles. The van der Waals surface area contributed by atoms with E-state index < -0.39 is 36.2 Å². The molecule has 18 heteroatoms. The standard InChI is InChI=1S/3Mg.2O5Si2.H2O/c;;;2*1-2-7-3-6(1,4-7)5-7;/h;;;;;1H2/q;2*+1;;;/p-1. The maximum Gasteiger partial charge on any atom is -0.870 e. The van der Waals surface area contributed by atoms with E-state index in [1.807, 2.05) is 0 Å². The van der Waals surface area contributed by atoms with E-state index in [1.165, 1.54) is 0 Å². The Bertz CT molecular complexity index is 250. The van der Waals surface area contributed by atoms with Gasteiger partial charge in [0.25, 0.3) is 0 Å². The maximum absolute atomic E-state index is 4.90. The third-order valence-corrected chi connectivity index (χ3v) is 15.5. The molecular formula is HMg3O11Si4+. The third kappa shape index (κ3) is 2.12. The molecule has 0 atom stereocenters. The predicted octanol–water partition coefficient (Wildman–Crippen LogP) is -3.53. The first kappa shape index (κ1) is 15.6. The molecule has 0 aliphatic carbocycles. The first-order valence-corrected chi connectivity index (χ1v) is 19.1. The Hall–Kier alpha value is 2.73. The molecule has 12 aliphatic rings. The summed E-state index contributed by atoms with van der Waals surface area (Å²) in [4.78, 5) is 0. The SMILES string of the molecule is O1O[Si]23O[Si]1(O2)O3.O1O[Si]23O[Si]1(O2)O3.[Mg+][Mg][Mg+].[OH-]. The molecule has 1 N–H and O–H groups in total. The molecule has 12 rings (SSSR count). The van der Waals surface area contributed by atoms with Gasteiger partial charge in [-0.15, -0.1) is 0 Å². The molecule has 0 aromatic rings. The molecule has 88 valence electrons. The molecule has 0 saturated carbocycles. The van der Waals surface area contributed by atoms with Crippen molar-refractivity contribution < 1.29 is 48.5 Å². The number of hydrogen-bond acceptors (Lipinski definition) is 11. The van der Waals surface area contributed by atoms with E-state index in [-0.39, 0.29) is 5.48 Å². The van der Waals surface area contributed by atoms with Crippen LogP contribution < -0.4 is 0 Å². The minimum Gasteiger partial charge on any atom is -0.870 e.